The van der Waals surface area contributed by atoms with E-state index in [0.29, 0.717) is 18.0 Å². The molecule has 1 atom stereocenters. The maximum atomic E-state index is 12.6. The quantitative estimate of drug-likeness (QED) is 0.933. The average molecular weight is 297 g/mol. The third-order valence-corrected chi connectivity index (χ3v) is 5.73. The first kappa shape index (κ1) is 15.5. The molecule has 0 aliphatic carbocycles. The summed E-state index contributed by atoms with van der Waals surface area (Å²) in [5.41, 5.74) is 0.758. The Hall–Kier alpha value is -0.910. The minimum atomic E-state index is -3.42. The molecule has 5 heteroatoms. The van der Waals surface area contributed by atoms with E-state index in [0.717, 1.165) is 18.4 Å². The molecule has 0 saturated carbocycles. The highest BCUT2D eigenvalue weighted by atomic mass is 32.2. The van der Waals surface area contributed by atoms with E-state index in [4.69, 9.17) is 0 Å². The SMILES string of the molecule is CC(O)c1ccc(S(=O)(=O)N2CCCC(C)(C)C2)cc1. The van der Waals surface area contributed by atoms with Crippen molar-refractivity contribution in [1.29, 1.82) is 0 Å². The number of hydrogen-bond donors (Lipinski definition) is 1. The molecule has 0 aromatic heterocycles. The molecule has 1 aromatic rings. The van der Waals surface area contributed by atoms with Crippen LogP contribution in [0.4, 0.5) is 0 Å². The van der Waals surface area contributed by atoms with Crippen molar-refractivity contribution in [3.63, 3.8) is 0 Å². The van der Waals surface area contributed by atoms with Gasteiger partial charge in [0, 0.05) is 13.1 Å². The second kappa shape index (κ2) is 5.47. The van der Waals surface area contributed by atoms with Gasteiger partial charge in [-0.25, -0.2) is 8.42 Å². The summed E-state index contributed by atoms with van der Waals surface area (Å²) in [6.07, 6.45) is 1.37. The second-order valence-corrected chi connectivity index (χ2v) is 8.29. The van der Waals surface area contributed by atoms with Crippen molar-refractivity contribution >= 4 is 10.0 Å². The number of hydrogen-bond acceptors (Lipinski definition) is 3. The third kappa shape index (κ3) is 3.22. The van der Waals surface area contributed by atoms with Crippen molar-refractivity contribution in [1.82, 2.24) is 4.31 Å². The standard InChI is InChI=1S/C15H23NO3S/c1-12(17)13-5-7-14(8-6-13)20(18,19)16-10-4-9-15(2,3)11-16/h5-8,12,17H,4,9-11H2,1-3H3. The Labute approximate surface area is 121 Å². The number of aliphatic hydroxyl groups excluding tert-OH is 1. The average Bonchev–Trinajstić information content (AvgIpc) is 2.37. The molecule has 1 N–H and O–H groups in total. The van der Waals surface area contributed by atoms with Gasteiger partial charge < -0.3 is 5.11 Å². The summed E-state index contributed by atoms with van der Waals surface area (Å²) >= 11 is 0. The Bertz CT molecular complexity index is 561. The van der Waals surface area contributed by atoms with E-state index in [1.54, 1.807) is 35.5 Å². The van der Waals surface area contributed by atoms with Crippen LogP contribution in [-0.4, -0.2) is 30.9 Å². The smallest absolute Gasteiger partial charge is 0.243 e. The Kier molecular flexibility index (Phi) is 4.23. The number of sulfonamides is 1. The number of aliphatic hydroxyl groups is 1. The zero-order valence-electron chi connectivity index (χ0n) is 12.3. The van der Waals surface area contributed by atoms with Crippen molar-refractivity contribution in [2.75, 3.05) is 13.1 Å². The molecule has 1 aromatic carbocycles. The molecule has 0 amide bonds. The highest BCUT2D eigenvalue weighted by Gasteiger charge is 2.33. The van der Waals surface area contributed by atoms with Gasteiger partial charge >= 0.3 is 0 Å². The highest BCUT2D eigenvalue weighted by Crippen LogP contribution is 2.32. The topological polar surface area (TPSA) is 57.6 Å². The zero-order chi connectivity index (χ0) is 15.0. The molecule has 1 heterocycles. The Morgan fingerprint density at radius 2 is 1.85 bits per heavy atom. The molecule has 1 unspecified atom stereocenters. The first-order chi connectivity index (χ1) is 9.22. The Morgan fingerprint density at radius 3 is 2.35 bits per heavy atom. The summed E-state index contributed by atoms with van der Waals surface area (Å²) in [6, 6.07) is 6.51. The number of nitrogens with zero attached hydrogens (tertiary/aromatic N) is 1. The molecule has 4 nitrogen and oxygen atoms in total. The van der Waals surface area contributed by atoms with E-state index in [1.807, 2.05) is 0 Å². The van der Waals surface area contributed by atoms with Gasteiger partial charge in [0.2, 0.25) is 10.0 Å². The maximum absolute atomic E-state index is 12.6. The van der Waals surface area contributed by atoms with E-state index in [-0.39, 0.29) is 5.41 Å². The third-order valence-electron chi connectivity index (χ3n) is 3.87. The van der Waals surface area contributed by atoms with Gasteiger partial charge in [-0.2, -0.15) is 4.31 Å². The summed E-state index contributed by atoms with van der Waals surface area (Å²) in [5, 5.41) is 9.47. The molecular formula is C15H23NO3S. The molecule has 0 radical (unpaired) electrons. The van der Waals surface area contributed by atoms with Gasteiger partial charge in [-0.05, 0) is 42.9 Å². The van der Waals surface area contributed by atoms with Gasteiger partial charge in [-0.3, -0.25) is 0 Å². The van der Waals surface area contributed by atoms with E-state index >= 15 is 0 Å². The van der Waals surface area contributed by atoms with Gasteiger partial charge in [-0.15, -0.1) is 0 Å². The van der Waals surface area contributed by atoms with Crippen LogP contribution in [0.25, 0.3) is 0 Å². The fourth-order valence-corrected chi connectivity index (χ4v) is 4.31. The molecule has 1 saturated heterocycles. The normalized spacial score (nSPS) is 21.6. The number of benzene rings is 1. The summed E-state index contributed by atoms with van der Waals surface area (Å²) in [7, 11) is -3.42. The van der Waals surface area contributed by atoms with Crippen LogP contribution in [0.2, 0.25) is 0 Å². The molecule has 1 aliphatic heterocycles. The monoisotopic (exact) mass is 297 g/mol. The van der Waals surface area contributed by atoms with Gasteiger partial charge in [0.15, 0.2) is 0 Å². The minimum Gasteiger partial charge on any atom is -0.389 e. The number of rotatable bonds is 3. The van der Waals surface area contributed by atoms with Crippen LogP contribution in [0.15, 0.2) is 29.2 Å². The van der Waals surface area contributed by atoms with Crippen LogP contribution in [0.1, 0.15) is 45.3 Å². The largest absolute Gasteiger partial charge is 0.389 e. The lowest BCUT2D eigenvalue weighted by molar-refractivity contribution is 0.187. The molecule has 1 aliphatic rings. The van der Waals surface area contributed by atoms with Crippen LogP contribution in [0.5, 0.6) is 0 Å². The molecule has 1 fully saturated rings. The van der Waals surface area contributed by atoms with Crippen LogP contribution in [0.3, 0.4) is 0 Å². The predicted octanol–water partition coefficient (Wildman–Crippen LogP) is 2.55. The maximum Gasteiger partial charge on any atom is 0.243 e. The predicted molar refractivity (Wildman–Crippen MR) is 78.8 cm³/mol. The molecule has 112 valence electrons. The lowest BCUT2D eigenvalue weighted by Gasteiger charge is -2.37. The van der Waals surface area contributed by atoms with Crippen molar-refractivity contribution in [2.45, 2.75) is 44.6 Å². The van der Waals surface area contributed by atoms with Crippen LogP contribution in [0, 0.1) is 5.41 Å². The molecular weight excluding hydrogens is 274 g/mol. The summed E-state index contributed by atoms with van der Waals surface area (Å²) in [6.45, 7) is 7.02. The lowest BCUT2D eigenvalue weighted by atomic mass is 9.85. The molecule has 20 heavy (non-hydrogen) atoms. The van der Waals surface area contributed by atoms with E-state index < -0.39 is 16.1 Å². The van der Waals surface area contributed by atoms with Gasteiger partial charge in [-0.1, -0.05) is 26.0 Å². The zero-order valence-corrected chi connectivity index (χ0v) is 13.2. The van der Waals surface area contributed by atoms with Gasteiger partial charge in [0.1, 0.15) is 0 Å². The Morgan fingerprint density at radius 1 is 1.25 bits per heavy atom. The Balaban J connectivity index is 2.26. The fraction of sp³-hybridized carbons (Fsp3) is 0.600. The molecule has 2 rings (SSSR count). The molecule has 0 bridgehead atoms. The first-order valence-electron chi connectivity index (χ1n) is 7.01. The van der Waals surface area contributed by atoms with Crippen LogP contribution >= 0.6 is 0 Å². The van der Waals surface area contributed by atoms with Crippen molar-refractivity contribution in [3.8, 4) is 0 Å². The summed E-state index contributed by atoms with van der Waals surface area (Å²) in [4.78, 5) is 0.305. The highest BCUT2D eigenvalue weighted by molar-refractivity contribution is 7.89. The second-order valence-electron chi connectivity index (χ2n) is 6.35. The van der Waals surface area contributed by atoms with Crippen molar-refractivity contribution < 1.29 is 13.5 Å². The van der Waals surface area contributed by atoms with Crippen molar-refractivity contribution in [2.24, 2.45) is 5.41 Å². The summed E-state index contributed by atoms with van der Waals surface area (Å²) < 4.78 is 26.8. The van der Waals surface area contributed by atoms with E-state index in [9.17, 15) is 13.5 Å². The minimum absolute atomic E-state index is 0.0326. The fourth-order valence-electron chi connectivity index (χ4n) is 2.64. The van der Waals surface area contributed by atoms with E-state index in [1.165, 1.54) is 0 Å². The van der Waals surface area contributed by atoms with E-state index in [2.05, 4.69) is 13.8 Å². The first-order valence-corrected chi connectivity index (χ1v) is 8.45. The summed E-state index contributed by atoms with van der Waals surface area (Å²) in [5.74, 6) is 0. The lowest BCUT2D eigenvalue weighted by Crippen LogP contribution is -2.43. The van der Waals surface area contributed by atoms with Crippen LogP contribution in [-0.2, 0) is 10.0 Å². The van der Waals surface area contributed by atoms with Gasteiger partial charge in [0.25, 0.3) is 0 Å². The van der Waals surface area contributed by atoms with Gasteiger partial charge in [0.05, 0.1) is 11.0 Å². The number of piperidine rings is 1. The van der Waals surface area contributed by atoms with Crippen LogP contribution < -0.4 is 0 Å². The van der Waals surface area contributed by atoms with Crippen molar-refractivity contribution in [3.05, 3.63) is 29.8 Å². The molecule has 0 spiro atoms.